The first-order valence-corrected chi connectivity index (χ1v) is 2.98. The van der Waals surface area contributed by atoms with Crippen molar-refractivity contribution in [2.24, 2.45) is 0 Å². The minimum atomic E-state index is -4.65. The van der Waals surface area contributed by atoms with Crippen LogP contribution in [-0.2, 0) is 4.79 Å². The summed E-state index contributed by atoms with van der Waals surface area (Å²) in [4.78, 5) is 10.2. The van der Waals surface area contributed by atoms with E-state index in [1.54, 1.807) is 0 Å². The summed E-state index contributed by atoms with van der Waals surface area (Å²) in [6.45, 7) is 0. The van der Waals surface area contributed by atoms with Crippen molar-refractivity contribution in [1.82, 2.24) is 5.32 Å². The second-order valence-electron chi connectivity index (χ2n) is 2.44. The topological polar surface area (TPSA) is 29.1 Å². The maximum atomic E-state index is 12.2. The zero-order valence-corrected chi connectivity index (χ0v) is 5.58. The highest BCUT2D eigenvalue weighted by molar-refractivity contribution is 5.82. The smallest absolute Gasteiger partial charge is 0.290 e. The maximum absolute atomic E-state index is 12.2. The second-order valence-corrected chi connectivity index (χ2v) is 2.44. The quantitative estimate of drug-likeness (QED) is 0.448. The van der Waals surface area contributed by atoms with E-state index in [2.05, 4.69) is 0 Å². The van der Waals surface area contributed by atoms with Gasteiger partial charge in [-0.1, -0.05) is 0 Å². The lowest BCUT2D eigenvalue weighted by atomic mass is 10.1. The summed E-state index contributed by atoms with van der Waals surface area (Å²) in [5.41, 5.74) is 0. The molecule has 0 radical (unpaired) electrons. The molecule has 0 aromatic rings. The summed E-state index contributed by atoms with van der Waals surface area (Å²) in [7, 11) is 0. The minimum absolute atomic E-state index is 0.598. The van der Waals surface area contributed by atoms with Crippen LogP contribution in [0.4, 0.5) is 22.0 Å². The number of nitrogens with one attached hydrogen (secondary N) is 1. The van der Waals surface area contributed by atoms with Crippen LogP contribution in [0.2, 0.25) is 0 Å². The van der Waals surface area contributed by atoms with Crippen LogP contribution < -0.4 is 5.32 Å². The van der Waals surface area contributed by atoms with Crippen molar-refractivity contribution in [3.05, 3.63) is 0 Å². The molecule has 1 rings (SSSR count). The van der Waals surface area contributed by atoms with E-state index in [9.17, 15) is 26.7 Å². The maximum Gasteiger partial charge on any atom is 0.388 e. The Morgan fingerprint density at radius 3 is 2.25 bits per heavy atom. The molecule has 0 aliphatic carbocycles. The van der Waals surface area contributed by atoms with Crippen molar-refractivity contribution in [2.45, 2.75) is 24.6 Å². The lowest BCUT2D eigenvalue weighted by molar-refractivity contribution is -0.247. The van der Waals surface area contributed by atoms with Gasteiger partial charge in [0.1, 0.15) is 0 Å². The molecule has 12 heavy (non-hydrogen) atoms. The standard InChI is InChI=1S/C5H4F5NO/c6-2-1-4(7,8)5(9,10)11-3(2)12/h2H,1H2,(H,11,12). The molecule has 0 spiro atoms. The Morgan fingerprint density at radius 2 is 1.83 bits per heavy atom. The largest absolute Gasteiger partial charge is 0.388 e. The van der Waals surface area contributed by atoms with Crippen molar-refractivity contribution < 1.29 is 26.7 Å². The van der Waals surface area contributed by atoms with Crippen LogP contribution in [0.5, 0.6) is 0 Å². The second kappa shape index (κ2) is 2.30. The lowest BCUT2D eigenvalue weighted by Gasteiger charge is -2.32. The Kier molecular flexibility index (Phi) is 1.77. The van der Waals surface area contributed by atoms with Crippen molar-refractivity contribution in [3.63, 3.8) is 0 Å². The highest BCUT2D eigenvalue weighted by Gasteiger charge is 2.62. The highest BCUT2D eigenvalue weighted by Crippen LogP contribution is 2.39. The van der Waals surface area contributed by atoms with E-state index in [0.29, 0.717) is 5.32 Å². The lowest BCUT2D eigenvalue weighted by Crippen LogP contribution is -2.62. The van der Waals surface area contributed by atoms with Crippen LogP contribution in [0.25, 0.3) is 0 Å². The fourth-order valence-electron chi connectivity index (χ4n) is 0.770. The summed E-state index contributed by atoms with van der Waals surface area (Å²) in [5.74, 6) is -6.22. The van der Waals surface area contributed by atoms with Crippen LogP contribution in [0.3, 0.4) is 0 Å². The third-order valence-electron chi connectivity index (χ3n) is 1.46. The van der Waals surface area contributed by atoms with E-state index in [0.717, 1.165) is 0 Å². The molecule has 70 valence electrons. The number of piperidine rings is 1. The molecule has 1 aliphatic rings. The predicted molar refractivity (Wildman–Crippen MR) is 27.5 cm³/mol. The van der Waals surface area contributed by atoms with Crippen LogP contribution in [0.1, 0.15) is 6.42 Å². The van der Waals surface area contributed by atoms with Gasteiger partial charge in [-0.3, -0.25) is 10.1 Å². The molecule has 0 aromatic heterocycles. The molecule has 1 saturated heterocycles. The van der Waals surface area contributed by atoms with Gasteiger partial charge in [-0.05, 0) is 0 Å². The van der Waals surface area contributed by atoms with Gasteiger partial charge in [0.2, 0.25) is 0 Å². The van der Waals surface area contributed by atoms with E-state index in [1.807, 2.05) is 0 Å². The van der Waals surface area contributed by atoms with Gasteiger partial charge < -0.3 is 0 Å². The number of hydrogen-bond acceptors (Lipinski definition) is 1. The van der Waals surface area contributed by atoms with Gasteiger partial charge in [0.15, 0.2) is 6.17 Å². The number of carbonyl (C=O) groups is 1. The summed E-state index contributed by atoms with van der Waals surface area (Å²) in [5, 5.41) is 0.598. The monoisotopic (exact) mass is 189 g/mol. The fraction of sp³-hybridized carbons (Fsp3) is 0.800. The molecule has 1 atom stereocenters. The molecule has 0 aromatic carbocycles. The van der Waals surface area contributed by atoms with E-state index in [-0.39, 0.29) is 0 Å². The number of rotatable bonds is 0. The molecule has 7 heteroatoms. The average molecular weight is 189 g/mol. The van der Waals surface area contributed by atoms with Crippen molar-refractivity contribution in [1.29, 1.82) is 0 Å². The SMILES string of the molecule is O=C1NC(F)(F)C(F)(F)CC1F. The first-order valence-electron chi connectivity index (χ1n) is 2.98. The molecular weight excluding hydrogens is 185 g/mol. The Bertz CT molecular complexity index is 216. The Hall–Kier alpha value is -0.880. The van der Waals surface area contributed by atoms with Crippen molar-refractivity contribution >= 4 is 5.91 Å². The van der Waals surface area contributed by atoms with E-state index in [4.69, 9.17) is 0 Å². The van der Waals surface area contributed by atoms with Crippen LogP contribution in [-0.4, -0.2) is 24.0 Å². The van der Waals surface area contributed by atoms with E-state index < -0.39 is 30.5 Å². The highest BCUT2D eigenvalue weighted by atomic mass is 19.3. The van der Waals surface area contributed by atoms with E-state index >= 15 is 0 Å². The molecule has 1 fully saturated rings. The molecule has 1 N–H and O–H groups in total. The van der Waals surface area contributed by atoms with Crippen LogP contribution in [0, 0.1) is 0 Å². The molecular formula is C5H4F5NO. The van der Waals surface area contributed by atoms with Crippen LogP contribution in [0.15, 0.2) is 0 Å². The number of amides is 1. The van der Waals surface area contributed by atoms with Gasteiger partial charge in [0, 0.05) is 0 Å². The van der Waals surface area contributed by atoms with Crippen LogP contribution >= 0.6 is 0 Å². The van der Waals surface area contributed by atoms with Crippen molar-refractivity contribution in [3.8, 4) is 0 Å². The number of carbonyl (C=O) groups excluding carboxylic acids is 1. The summed E-state index contributed by atoms with van der Waals surface area (Å²) in [6.07, 6.45) is -4.34. The number of hydrogen-bond donors (Lipinski definition) is 1. The van der Waals surface area contributed by atoms with Gasteiger partial charge >= 0.3 is 12.0 Å². The van der Waals surface area contributed by atoms with Gasteiger partial charge in [-0.15, -0.1) is 0 Å². The third kappa shape index (κ3) is 1.23. The van der Waals surface area contributed by atoms with Gasteiger partial charge in [-0.25, -0.2) is 4.39 Å². The minimum Gasteiger partial charge on any atom is -0.290 e. The molecule has 1 amide bonds. The Labute approximate surface area is 63.7 Å². The number of halogens is 5. The summed E-state index contributed by atoms with van der Waals surface area (Å²) >= 11 is 0. The van der Waals surface area contributed by atoms with E-state index in [1.165, 1.54) is 0 Å². The van der Waals surface area contributed by atoms with Gasteiger partial charge in [-0.2, -0.15) is 17.6 Å². The van der Waals surface area contributed by atoms with Gasteiger partial charge in [0.25, 0.3) is 5.91 Å². The molecule has 0 bridgehead atoms. The summed E-state index contributed by atoms with van der Waals surface area (Å²) < 4.78 is 60.9. The zero-order valence-electron chi connectivity index (χ0n) is 5.58. The Balaban J connectivity index is 2.88. The molecule has 1 unspecified atom stereocenters. The predicted octanol–water partition coefficient (Wildman–Crippen LogP) is 1.07. The number of alkyl halides is 5. The average Bonchev–Trinajstić information content (AvgIpc) is 1.82. The Morgan fingerprint density at radius 1 is 1.33 bits per heavy atom. The first kappa shape index (κ1) is 9.21. The van der Waals surface area contributed by atoms with Crippen molar-refractivity contribution in [2.75, 3.05) is 0 Å². The summed E-state index contributed by atoms with van der Waals surface area (Å²) in [6, 6.07) is -4.65. The fourth-order valence-corrected chi connectivity index (χ4v) is 0.770. The molecule has 1 aliphatic heterocycles. The third-order valence-corrected chi connectivity index (χ3v) is 1.46. The first-order chi connectivity index (χ1) is 5.26. The van der Waals surface area contributed by atoms with Gasteiger partial charge in [0.05, 0.1) is 6.42 Å². The zero-order chi connectivity index (χ0) is 9.57. The normalized spacial score (nSPS) is 32.8. The molecule has 0 saturated carbocycles. The molecule has 2 nitrogen and oxygen atoms in total. The molecule has 1 heterocycles.